The standard InChI is InChI=1S/C15H10N2O3/c18-8-11-15(16-14-3-1-2-6-17(11)14)10-4-5-12-13(7-10)20-9-19-12/h1-8H,9H2. The largest absolute Gasteiger partial charge is 0.454 e. The van der Waals surface area contributed by atoms with E-state index in [1.807, 2.05) is 42.6 Å². The first kappa shape index (κ1) is 11.0. The maximum atomic E-state index is 11.4. The zero-order valence-electron chi connectivity index (χ0n) is 10.4. The summed E-state index contributed by atoms with van der Waals surface area (Å²) >= 11 is 0. The monoisotopic (exact) mass is 266 g/mol. The molecule has 0 radical (unpaired) electrons. The molecule has 4 rings (SSSR count). The molecule has 0 amide bonds. The fourth-order valence-corrected chi connectivity index (χ4v) is 2.38. The predicted molar refractivity (Wildman–Crippen MR) is 72.1 cm³/mol. The molecule has 0 aliphatic carbocycles. The van der Waals surface area contributed by atoms with Crippen molar-refractivity contribution in [2.75, 3.05) is 6.79 Å². The van der Waals surface area contributed by atoms with Crippen molar-refractivity contribution >= 4 is 11.9 Å². The summed E-state index contributed by atoms with van der Waals surface area (Å²) in [6.45, 7) is 0.227. The minimum Gasteiger partial charge on any atom is -0.454 e. The van der Waals surface area contributed by atoms with Crippen molar-refractivity contribution in [3.63, 3.8) is 0 Å². The Morgan fingerprint density at radius 2 is 2.05 bits per heavy atom. The Balaban J connectivity index is 1.95. The van der Waals surface area contributed by atoms with Crippen molar-refractivity contribution in [3.05, 3.63) is 48.3 Å². The SMILES string of the molecule is O=Cc1c(-c2ccc3c(c2)OCO3)nc2ccccn12. The molecule has 0 saturated carbocycles. The number of rotatable bonds is 2. The van der Waals surface area contributed by atoms with Gasteiger partial charge >= 0.3 is 0 Å². The van der Waals surface area contributed by atoms with E-state index in [0.717, 1.165) is 17.5 Å². The van der Waals surface area contributed by atoms with E-state index in [1.54, 1.807) is 4.40 Å². The zero-order chi connectivity index (χ0) is 13.5. The minimum absolute atomic E-state index is 0.227. The lowest BCUT2D eigenvalue weighted by Crippen LogP contribution is -1.93. The van der Waals surface area contributed by atoms with Gasteiger partial charge in [0.25, 0.3) is 0 Å². The summed E-state index contributed by atoms with van der Waals surface area (Å²) in [5.74, 6) is 1.39. The third kappa shape index (κ3) is 1.50. The highest BCUT2D eigenvalue weighted by molar-refractivity contribution is 5.86. The van der Waals surface area contributed by atoms with Gasteiger partial charge in [-0.15, -0.1) is 0 Å². The molecule has 1 aliphatic heterocycles. The molecule has 1 aromatic carbocycles. The summed E-state index contributed by atoms with van der Waals surface area (Å²) in [7, 11) is 0. The maximum absolute atomic E-state index is 11.4. The Kier molecular flexibility index (Phi) is 2.26. The minimum atomic E-state index is 0.227. The summed E-state index contributed by atoms with van der Waals surface area (Å²) in [5, 5.41) is 0. The van der Waals surface area contributed by atoms with Crippen LogP contribution >= 0.6 is 0 Å². The molecule has 1 aliphatic rings. The van der Waals surface area contributed by atoms with Crippen molar-refractivity contribution < 1.29 is 14.3 Å². The molecular formula is C15H10N2O3. The average molecular weight is 266 g/mol. The van der Waals surface area contributed by atoms with Crippen LogP contribution < -0.4 is 9.47 Å². The molecular weight excluding hydrogens is 256 g/mol. The van der Waals surface area contributed by atoms with Gasteiger partial charge < -0.3 is 9.47 Å². The van der Waals surface area contributed by atoms with E-state index >= 15 is 0 Å². The number of carbonyl (C=O) groups is 1. The van der Waals surface area contributed by atoms with E-state index in [0.29, 0.717) is 22.9 Å². The highest BCUT2D eigenvalue weighted by atomic mass is 16.7. The summed E-state index contributed by atoms with van der Waals surface area (Å²) < 4.78 is 12.4. The van der Waals surface area contributed by atoms with Crippen LogP contribution in [0, 0.1) is 0 Å². The van der Waals surface area contributed by atoms with E-state index in [1.165, 1.54) is 0 Å². The molecule has 0 unspecified atom stereocenters. The Bertz CT molecular complexity index is 823. The molecule has 0 spiro atoms. The number of carbonyl (C=O) groups excluding carboxylic acids is 1. The summed E-state index contributed by atoms with van der Waals surface area (Å²) in [6, 6.07) is 11.2. The van der Waals surface area contributed by atoms with Crippen LogP contribution in [0.25, 0.3) is 16.9 Å². The molecule has 3 heterocycles. The van der Waals surface area contributed by atoms with Crippen molar-refractivity contribution in [3.8, 4) is 22.8 Å². The van der Waals surface area contributed by atoms with Crippen LogP contribution in [0.15, 0.2) is 42.6 Å². The number of fused-ring (bicyclic) bond motifs is 2. The smallest absolute Gasteiger partial charge is 0.231 e. The van der Waals surface area contributed by atoms with Gasteiger partial charge in [0, 0.05) is 11.8 Å². The number of hydrogen-bond donors (Lipinski definition) is 0. The molecule has 0 bridgehead atoms. The summed E-state index contributed by atoms with van der Waals surface area (Å²) in [6.07, 6.45) is 2.64. The average Bonchev–Trinajstić information content (AvgIpc) is 3.10. The molecule has 0 N–H and O–H groups in total. The molecule has 0 saturated heterocycles. The number of hydrogen-bond acceptors (Lipinski definition) is 4. The van der Waals surface area contributed by atoms with Gasteiger partial charge in [0.05, 0.1) is 0 Å². The highest BCUT2D eigenvalue weighted by Gasteiger charge is 2.18. The van der Waals surface area contributed by atoms with E-state index in [4.69, 9.17) is 9.47 Å². The van der Waals surface area contributed by atoms with Gasteiger partial charge in [-0.3, -0.25) is 9.20 Å². The Labute approximate surface area is 114 Å². The molecule has 5 heteroatoms. The van der Waals surface area contributed by atoms with Crippen LogP contribution in [0.5, 0.6) is 11.5 Å². The molecule has 5 nitrogen and oxygen atoms in total. The molecule has 20 heavy (non-hydrogen) atoms. The summed E-state index contributed by atoms with van der Waals surface area (Å²) in [4.78, 5) is 15.9. The van der Waals surface area contributed by atoms with Crippen molar-refractivity contribution in [1.29, 1.82) is 0 Å². The lowest BCUT2D eigenvalue weighted by atomic mass is 10.1. The lowest BCUT2D eigenvalue weighted by molar-refractivity contribution is 0.111. The van der Waals surface area contributed by atoms with Gasteiger partial charge in [-0.2, -0.15) is 0 Å². The lowest BCUT2D eigenvalue weighted by Gasteiger charge is -2.01. The quantitative estimate of drug-likeness (QED) is 0.669. The molecule has 3 aromatic rings. The third-order valence-electron chi connectivity index (χ3n) is 3.32. The number of aldehydes is 1. The number of nitrogens with zero attached hydrogens (tertiary/aromatic N) is 2. The Hall–Kier alpha value is -2.82. The van der Waals surface area contributed by atoms with Crippen molar-refractivity contribution in [2.45, 2.75) is 0 Å². The van der Waals surface area contributed by atoms with E-state index in [2.05, 4.69) is 4.98 Å². The van der Waals surface area contributed by atoms with Gasteiger partial charge in [0.15, 0.2) is 17.8 Å². The number of ether oxygens (including phenoxy) is 2. The summed E-state index contributed by atoms with van der Waals surface area (Å²) in [5.41, 5.74) is 2.74. The maximum Gasteiger partial charge on any atom is 0.231 e. The van der Waals surface area contributed by atoms with Gasteiger partial charge in [-0.1, -0.05) is 6.07 Å². The second-order valence-corrected chi connectivity index (χ2v) is 4.46. The molecule has 2 aromatic heterocycles. The first-order chi connectivity index (χ1) is 9.86. The van der Waals surface area contributed by atoms with E-state index in [-0.39, 0.29) is 6.79 Å². The van der Waals surface area contributed by atoms with Crippen LogP contribution in [0.4, 0.5) is 0 Å². The fourth-order valence-electron chi connectivity index (χ4n) is 2.38. The molecule has 98 valence electrons. The van der Waals surface area contributed by atoms with Crippen LogP contribution in [-0.4, -0.2) is 22.5 Å². The number of pyridine rings is 1. The van der Waals surface area contributed by atoms with Crippen LogP contribution in [0.2, 0.25) is 0 Å². The predicted octanol–water partition coefficient (Wildman–Crippen LogP) is 2.54. The second kappa shape index (κ2) is 4.09. The second-order valence-electron chi connectivity index (χ2n) is 4.46. The molecule has 0 fully saturated rings. The Morgan fingerprint density at radius 3 is 2.95 bits per heavy atom. The van der Waals surface area contributed by atoms with Gasteiger partial charge in [0.1, 0.15) is 17.0 Å². The fraction of sp³-hybridized carbons (Fsp3) is 0.0667. The topological polar surface area (TPSA) is 52.8 Å². The van der Waals surface area contributed by atoms with Crippen LogP contribution in [0.3, 0.4) is 0 Å². The van der Waals surface area contributed by atoms with Crippen molar-refractivity contribution in [1.82, 2.24) is 9.38 Å². The van der Waals surface area contributed by atoms with Crippen molar-refractivity contribution in [2.24, 2.45) is 0 Å². The van der Waals surface area contributed by atoms with Gasteiger partial charge in [-0.25, -0.2) is 4.98 Å². The van der Waals surface area contributed by atoms with Gasteiger partial charge in [-0.05, 0) is 30.3 Å². The van der Waals surface area contributed by atoms with Crippen LogP contribution in [0.1, 0.15) is 10.5 Å². The van der Waals surface area contributed by atoms with E-state index < -0.39 is 0 Å². The number of imidazole rings is 1. The third-order valence-corrected chi connectivity index (χ3v) is 3.32. The first-order valence-electron chi connectivity index (χ1n) is 6.19. The van der Waals surface area contributed by atoms with Gasteiger partial charge in [0.2, 0.25) is 6.79 Å². The first-order valence-corrected chi connectivity index (χ1v) is 6.19. The number of aromatic nitrogens is 2. The highest BCUT2D eigenvalue weighted by Crippen LogP contribution is 2.36. The van der Waals surface area contributed by atoms with E-state index in [9.17, 15) is 4.79 Å². The van der Waals surface area contributed by atoms with Crippen LogP contribution in [-0.2, 0) is 0 Å². The Morgan fingerprint density at radius 1 is 1.15 bits per heavy atom. The zero-order valence-corrected chi connectivity index (χ0v) is 10.4. The number of benzene rings is 1. The molecule has 0 atom stereocenters. The normalized spacial score (nSPS) is 12.8.